The Labute approximate surface area is 128 Å². The van der Waals surface area contributed by atoms with Crippen LogP contribution in [0.4, 0.5) is 16.2 Å². The van der Waals surface area contributed by atoms with Gasteiger partial charge in [0.25, 0.3) is 5.69 Å². The number of nitrogens with one attached hydrogen (secondary N) is 2. The Morgan fingerprint density at radius 3 is 2.48 bits per heavy atom. The molecule has 1 aromatic rings. The molecule has 1 aromatic carbocycles. The zero-order valence-corrected chi connectivity index (χ0v) is 12.9. The van der Waals surface area contributed by atoms with E-state index in [-0.39, 0.29) is 17.3 Å². The number of halogens is 1. The Morgan fingerprint density at radius 2 is 2.00 bits per heavy atom. The fourth-order valence-electron chi connectivity index (χ4n) is 1.54. The molecule has 0 saturated heterocycles. The average molecular weight is 360 g/mol. The van der Waals surface area contributed by atoms with Crippen LogP contribution in [-0.2, 0) is 4.79 Å². The summed E-state index contributed by atoms with van der Waals surface area (Å²) in [5.41, 5.74) is -0.0123. The number of carbonyl (C=O) groups excluding carboxylic acids is 1. The van der Waals surface area contributed by atoms with Crippen LogP contribution in [-0.4, -0.2) is 28.1 Å². The van der Waals surface area contributed by atoms with Crippen LogP contribution >= 0.6 is 15.9 Å². The van der Waals surface area contributed by atoms with Gasteiger partial charge in [0, 0.05) is 16.6 Å². The van der Waals surface area contributed by atoms with E-state index in [1.807, 2.05) is 0 Å². The van der Waals surface area contributed by atoms with Gasteiger partial charge in [-0.25, -0.2) is 9.59 Å². The predicted octanol–water partition coefficient (Wildman–Crippen LogP) is 2.59. The molecule has 0 bridgehead atoms. The quantitative estimate of drug-likeness (QED) is 0.550. The van der Waals surface area contributed by atoms with E-state index < -0.39 is 23.0 Å². The largest absolute Gasteiger partial charge is 0.480 e. The second-order valence-corrected chi connectivity index (χ2v) is 5.43. The number of hydrogen-bond donors (Lipinski definition) is 3. The van der Waals surface area contributed by atoms with Gasteiger partial charge >= 0.3 is 12.0 Å². The van der Waals surface area contributed by atoms with Crippen molar-refractivity contribution >= 4 is 39.3 Å². The number of non-ortho nitro benzene ring substituents is 1. The Hall–Kier alpha value is -2.16. The summed E-state index contributed by atoms with van der Waals surface area (Å²) in [6.07, 6.45) is 0. The first-order chi connectivity index (χ1) is 9.72. The summed E-state index contributed by atoms with van der Waals surface area (Å²) in [5.74, 6) is -1.46. The molecular weight excluding hydrogens is 346 g/mol. The van der Waals surface area contributed by atoms with Crippen LogP contribution in [0.25, 0.3) is 0 Å². The number of carbonyl (C=O) groups is 2. The number of nitro groups is 1. The lowest BCUT2D eigenvalue weighted by molar-refractivity contribution is -0.384. The summed E-state index contributed by atoms with van der Waals surface area (Å²) in [7, 11) is 0. The number of anilines is 1. The average Bonchev–Trinajstić information content (AvgIpc) is 2.37. The zero-order chi connectivity index (χ0) is 16.2. The van der Waals surface area contributed by atoms with E-state index in [1.54, 1.807) is 13.8 Å². The Morgan fingerprint density at radius 1 is 1.38 bits per heavy atom. The molecule has 1 atom stereocenters. The third kappa shape index (κ3) is 4.71. The van der Waals surface area contributed by atoms with Gasteiger partial charge < -0.3 is 15.7 Å². The zero-order valence-electron chi connectivity index (χ0n) is 11.3. The molecule has 2 amide bonds. The van der Waals surface area contributed by atoms with Crippen molar-refractivity contribution in [1.29, 1.82) is 0 Å². The minimum Gasteiger partial charge on any atom is -0.480 e. The molecule has 3 N–H and O–H groups in total. The van der Waals surface area contributed by atoms with Crippen LogP contribution in [0.1, 0.15) is 13.8 Å². The normalized spacial score (nSPS) is 11.8. The molecule has 0 radical (unpaired) electrons. The van der Waals surface area contributed by atoms with Gasteiger partial charge in [0.2, 0.25) is 0 Å². The van der Waals surface area contributed by atoms with Crippen molar-refractivity contribution in [2.24, 2.45) is 5.92 Å². The van der Waals surface area contributed by atoms with E-state index in [4.69, 9.17) is 5.11 Å². The smallest absolute Gasteiger partial charge is 0.326 e. The molecule has 0 spiro atoms. The van der Waals surface area contributed by atoms with Crippen LogP contribution in [0.3, 0.4) is 0 Å². The van der Waals surface area contributed by atoms with Crippen molar-refractivity contribution in [3.05, 3.63) is 32.8 Å². The third-order valence-electron chi connectivity index (χ3n) is 2.63. The molecular formula is C12H14BrN3O5. The molecule has 1 rings (SSSR count). The van der Waals surface area contributed by atoms with Gasteiger partial charge in [0.15, 0.2) is 0 Å². The summed E-state index contributed by atoms with van der Waals surface area (Å²) in [6, 6.07) is 2.07. The summed E-state index contributed by atoms with van der Waals surface area (Å²) >= 11 is 3.15. The third-order valence-corrected chi connectivity index (χ3v) is 3.32. The number of nitrogens with zero attached hydrogens (tertiary/aromatic N) is 1. The van der Waals surface area contributed by atoms with E-state index in [1.165, 1.54) is 18.2 Å². The number of carboxylic acid groups (broad SMARTS) is 1. The molecule has 0 fully saturated rings. The molecule has 9 heteroatoms. The van der Waals surface area contributed by atoms with Crippen molar-refractivity contribution in [2.45, 2.75) is 19.9 Å². The Balaban J connectivity index is 2.85. The number of nitro benzene ring substituents is 1. The van der Waals surface area contributed by atoms with Gasteiger partial charge in [-0.1, -0.05) is 13.8 Å². The molecule has 21 heavy (non-hydrogen) atoms. The van der Waals surface area contributed by atoms with Crippen LogP contribution in [0.15, 0.2) is 22.7 Å². The Kier molecular flexibility index (Phi) is 5.65. The number of benzene rings is 1. The highest BCUT2D eigenvalue weighted by atomic mass is 79.9. The SMILES string of the molecule is CC(C)[C@@H](NC(=O)Nc1cc([N+](=O)[O-])ccc1Br)C(=O)O. The van der Waals surface area contributed by atoms with E-state index in [0.717, 1.165) is 0 Å². The summed E-state index contributed by atoms with van der Waals surface area (Å²) < 4.78 is 0.444. The first-order valence-corrected chi connectivity index (χ1v) is 6.76. The molecule has 0 aliphatic rings. The summed E-state index contributed by atoms with van der Waals surface area (Å²) in [4.78, 5) is 32.9. The fourth-order valence-corrected chi connectivity index (χ4v) is 1.88. The topological polar surface area (TPSA) is 122 Å². The highest BCUT2D eigenvalue weighted by Crippen LogP contribution is 2.27. The Bertz CT molecular complexity index is 576. The van der Waals surface area contributed by atoms with Crippen LogP contribution < -0.4 is 10.6 Å². The first kappa shape index (κ1) is 16.9. The van der Waals surface area contributed by atoms with Crippen molar-refractivity contribution in [2.75, 3.05) is 5.32 Å². The number of carboxylic acids is 1. The van der Waals surface area contributed by atoms with Crippen LogP contribution in [0.5, 0.6) is 0 Å². The molecule has 0 aromatic heterocycles. The van der Waals surface area contributed by atoms with E-state index in [0.29, 0.717) is 4.47 Å². The lowest BCUT2D eigenvalue weighted by Gasteiger charge is -2.18. The minimum atomic E-state index is -1.15. The van der Waals surface area contributed by atoms with Crippen molar-refractivity contribution in [3.8, 4) is 0 Å². The first-order valence-electron chi connectivity index (χ1n) is 5.96. The summed E-state index contributed by atoms with van der Waals surface area (Å²) in [5, 5.41) is 24.4. The minimum absolute atomic E-state index is 0.176. The molecule has 0 saturated carbocycles. The maximum Gasteiger partial charge on any atom is 0.326 e. The molecule has 0 aliphatic heterocycles. The predicted molar refractivity (Wildman–Crippen MR) is 79.2 cm³/mol. The standard InChI is InChI=1S/C12H14BrN3O5/c1-6(2)10(11(17)18)15-12(19)14-9-5-7(16(20)21)3-4-8(9)13/h3-6,10H,1-2H3,(H,17,18)(H2,14,15,19)/t10-/m1/s1. The highest BCUT2D eigenvalue weighted by molar-refractivity contribution is 9.10. The van der Waals surface area contributed by atoms with Crippen LogP contribution in [0, 0.1) is 16.0 Å². The highest BCUT2D eigenvalue weighted by Gasteiger charge is 2.23. The molecule has 0 unspecified atom stereocenters. The van der Waals surface area contributed by atoms with Crippen molar-refractivity contribution < 1.29 is 19.6 Å². The molecule has 8 nitrogen and oxygen atoms in total. The van der Waals surface area contributed by atoms with Gasteiger partial charge in [-0.2, -0.15) is 0 Å². The lowest BCUT2D eigenvalue weighted by Crippen LogP contribution is -2.46. The van der Waals surface area contributed by atoms with Gasteiger partial charge in [-0.3, -0.25) is 10.1 Å². The maximum atomic E-state index is 11.8. The van der Waals surface area contributed by atoms with E-state index >= 15 is 0 Å². The monoisotopic (exact) mass is 359 g/mol. The lowest BCUT2D eigenvalue weighted by atomic mass is 10.1. The number of aliphatic carboxylic acids is 1. The number of hydrogen-bond acceptors (Lipinski definition) is 4. The number of urea groups is 1. The van der Waals surface area contributed by atoms with Gasteiger partial charge in [-0.05, 0) is 27.9 Å². The number of rotatable bonds is 5. The van der Waals surface area contributed by atoms with E-state index in [9.17, 15) is 19.7 Å². The molecule has 0 aliphatic carbocycles. The molecule has 0 heterocycles. The van der Waals surface area contributed by atoms with Gasteiger partial charge in [-0.15, -0.1) is 0 Å². The second kappa shape index (κ2) is 7.02. The van der Waals surface area contributed by atoms with E-state index in [2.05, 4.69) is 26.6 Å². The fraction of sp³-hybridized carbons (Fsp3) is 0.333. The van der Waals surface area contributed by atoms with Crippen LogP contribution in [0.2, 0.25) is 0 Å². The molecule has 114 valence electrons. The van der Waals surface area contributed by atoms with Gasteiger partial charge in [0.05, 0.1) is 10.6 Å². The number of amides is 2. The van der Waals surface area contributed by atoms with Crippen molar-refractivity contribution in [3.63, 3.8) is 0 Å². The van der Waals surface area contributed by atoms with Gasteiger partial charge in [0.1, 0.15) is 6.04 Å². The maximum absolute atomic E-state index is 11.8. The summed E-state index contributed by atoms with van der Waals surface area (Å²) in [6.45, 7) is 3.31. The van der Waals surface area contributed by atoms with Crippen molar-refractivity contribution in [1.82, 2.24) is 5.32 Å². The second-order valence-electron chi connectivity index (χ2n) is 4.58.